The summed E-state index contributed by atoms with van der Waals surface area (Å²) in [6, 6.07) is 13.1. The van der Waals surface area contributed by atoms with E-state index in [4.69, 9.17) is 0 Å². The van der Waals surface area contributed by atoms with Crippen molar-refractivity contribution in [1.29, 1.82) is 0 Å². The van der Waals surface area contributed by atoms with Crippen LogP contribution in [-0.4, -0.2) is 34.5 Å². The van der Waals surface area contributed by atoms with Crippen LogP contribution in [0.2, 0.25) is 0 Å². The Morgan fingerprint density at radius 1 is 1.07 bits per heavy atom. The molecule has 2 N–H and O–H groups in total. The lowest BCUT2D eigenvalue weighted by atomic mass is 10.1. The van der Waals surface area contributed by atoms with Crippen molar-refractivity contribution < 1.29 is 9.35 Å². The molecule has 142 valence electrons. The van der Waals surface area contributed by atoms with Gasteiger partial charge in [-0.25, -0.2) is 4.98 Å². The third kappa shape index (κ3) is 3.17. The average Bonchev–Trinajstić information content (AvgIpc) is 2.78. The highest BCUT2D eigenvalue weighted by Gasteiger charge is 2.29. The highest BCUT2D eigenvalue weighted by molar-refractivity contribution is 7.93. The molecule has 0 atom stereocenters. The molecule has 3 aromatic rings. The van der Waals surface area contributed by atoms with Gasteiger partial charge in [0.25, 0.3) is 5.91 Å². The molecule has 0 bridgehead atoms. The lowest BCUT2D eigenvalue weighted by Gasteiger charge is -2.21. The van der Waals surface area contributed by atoms with Gasteiger partial charge in [0.1, 0.15) is 5.69 Å². The Labute approximate surface area is 167 Å². The zero-order chi connectivity index (χ0) is 19.8. The van der Waals surface area contributed by atoms with Gasteiger partial charge in [0.05, 0.1) is 17.4 Å². The fourth-order valence-corrected chi connectivity index (χ4v) is 3.51. The van der Waals surface area contributed by atoms with E-state index in [1.54, 1.807) is 30.3 Å². The molecule has 8 heteroatoms. The Hall–Kier alpha value is -3.10. The van der Waals surface area contributed by atoms with Crippen LogP contribution in [0.25, 0.3) is 0 Å². The molecule has 0 fully saturated rings. The van der Waals surface area contributed by atoms with Gasteiger partial charge in [-0.1, -0.05) is 17.7 Å². The van der Waals surface area contributed by atoms with Gasteiger partial charge in [0.2, 0.25) is 5.95 Å². The quantitative estimate of drug-likeness (QED) is 0.636. The number of carbonyl (C=O) groups excluding carboxylic acids is 1. The molecule has 4 rings (SSSR count). The van der Waals surface area contributed by atoms with Crippen molar-refractivity contribution in [3.63, 3.8) is 0 Å². The number of hydrogen-bond acceptors (Lipinski definition) is 7. The third-order valence-corrected chi connectivity index (χ3v) is 5.14. The maximum Gasteiger partial charge on any atom is 0.260 e. The fraction of sp³-hybridized carbons (Fsp3) is 0.150. The topological polar surface area (TPSA) is 81.6 Å². The summed E-state index contributed by atoms with van der Waals surface area (Å²) in [4.78, 5) is 26.2. The molecule has 0 radical (unpaired) electrons. The average molecular weight is 393 g/mol. The summed E-state index contributed by atoms with van der Waals surface area (Å²) < 4.78 is 9.23. The van der Waals surface area contributed by atoms with Crippen LogP contribution in [-0.2, 0) is 0 Å². The molecule has 28 heavy (non-hydrogen) atoms. The molecule has 2 heterocycles. The summed E-state index contributed by atoms with van der Waals surface area (Å²) >= 11 is 0.680. The summed E-state index contributed by atoms with van der Waals surface area (Å²) in [5, 5.41) is 3.15. The first kappa shape index (κ1) is 18.3. The van der Waals surface area contributed by atoms with E-state index in [-0.39, 0.29) is 5.91 Å². The molecule has 7 nitrogen and oxygen atoms in total. The molecule has 2 aromatic carbocycles. The van der Waals surface area contributed by atoms with Crippen LogP contribution in [0.5, 0.6) is 0 Å². The van der Waals surface area contributed by atoms with E-state index in [0.29, 0.717) is 40.0 Å². The van der Waals surface area contributed by atoms with E-state index in [9.17, 15) is 9.35 Å². The zero-order valence-corrected chi connectivity index (χ0v) is 16.5. The molecule has 1 aliphatic heterocycles. The van der Waals surface area contributed by atoms with Crippen molar-refractivity contribution in [2.75, 3.05) is 29.2 Å². The van der Waals surface area contributed by atoms with Crippen LogP contribution in [0.4, 0.5) is 28.8 Å². The second kappa shape index (κ2) is 7.14. The Bertz CT molecular complexity index is 1070. The lowest BCUT2D eigenvalue weighted by Crippen LogP contribution is -2.25. The van der Waals surface area contributed by atoms with Crippen molar-refractivity contribution in [3.8, 4) is 0 Å². The van der Waals surface area contributed by atoms with Crippen LogP contribution in [0, 0.1) is 6.92 Å². The van der Waals surface area contributed by atoms with E-state index in [2.05, 4.69) is 15.3 Å². The predicted molar refractivity (Wildman–Crippen MR) is 112 cm³/mol. The van der Waals surface area contributed by atoms with Crippen LogP contribution >= 0.6 is 12.0 Å². The van der Waals surface area contributed by atoms with E-state index < -0.39 is 0 Å². The second-order valence-electron chi connectivity index (χ2n) is 6.59. The Morgan fingerprint density at radius 3 is 2.68 bits per heavy atom. The van der Waals surface area contributed by atoms with Crippen molar-refractivity contribution in [1.82, 2.24) is 9.97 Å². The minimum absolute atomic E-state index is 0.0960. The predicted octanol–water partition coefficient (Wildman–Crippen LogP) is 4.45. The van der Waals surface area contributed by atoms with Gasteiger partial charge >= 0.3 is 0 Å². The molecule has 1 amide bonds. The number of benzene rings is 2. The minimum atomic E-state index is -0.0960. The zero-order valence-electron chi connectivity index (χ0n) is 15.7. The van der Waals surface area contributed by atoms with Crippen molar-refractivity contribution in [2.45, 2.75) is 11.8 Å². The molecular formula is C20H19N5O2S. The summed E-state index contributed by atoms with van der Waals surface area (Å²) in [6.45, 7) is 1.96. The normalized spacial score (nSPS) is 13.1. The number of hydrogen-bond donors (Lipinski definition) is 2. The molecule has 0 saturated heterocycles. The minimum Gasteiger partial charge on any atom is -0.327 e. The first-order valence-corrected chi connectivity index (χ1v) is 9.43. The number of fused-ring (bicyclic) bond motifs is 2. The highest BCUT2D eigenvalue weighted by atomic mass is 32.2. The highest BCUT2D eigenvalue weighted by Crippen LogP contribution is 2.38. The second-order valence-corrected chi connectivity index (χ2v) is 7.24. The Morgan fingerprint density at radius 2 is 1.89 bits per heavy atom. The summed E-state index contributed by atoms with van der Waals surface area (Å²) in [6.07, 6.45) is 1.64. The molecule has 0 spiro atoms. The lowest BCUT2D eigenvalue weighted by molar-refractivity contribution is 0.0994. The van der Waals surface area contributed by atoms with E-state index in [1.807, 2.05) is 49.2 Å². The number of nitrogens with one attached hydrogen (secondary N) is 1. The van der Waals surface area contributed by atoms with Crippen LogP contribution in [0.15, 0.2) is 53.6 Å². The van der Waals surface area contributed by atoms with Crippen LogP contribution in [0.3, 0.4) is 0 Å². The van der Waals surface area contributed by atoms with Gasteiger partial charge in [-0.15, -0.1) is 0 Å². The number of carbonyl (C=O) groups is 1. The number of aromatic nitrogens is 2. The molecular weight excluding hydrogens is 374 g/mol. The summed E-state index contributed by atoms with van der Waals surface area (Å²) in [5.74, 6) is 0.937. The number of anilines is 5. The van der Waals surface area contributed by atoms with Gasteiger partial charge in [0.15, 0.2) is 5.82 Å². The SMILES string of the molecule is Cc1ccc2c(c1)C(=O)N(C)c1cnc(Nc3cccc(SO)c3)nc1N2C. The van der Waals surface area contributed by atoms with Crippen LogP contribution in [0.1, 0.15) is 15.9 Å². The smallest absolute Gasteiger partial charge is 0.260 e. The first-order chi connectivity index (χ1) is 13.5. The van der Waals surface area contributed by atoms with Crippen molar-refractivity contribution in [2.24, 2.45) is 0 Å². The molecule has 1 aromatic heterocycles. The number of rotatable bonds is 3. The molecule has 0 aliphatic carbocycles. The monoisotopic (exact) mass is 393 g/mol. The Balaban J connectivity index is 1.77. The van der Waals surface area contributed by atoms with E-state index in [1.165, 1.54) is 0 Å². The van der Waals surface area contributed by atoms with E-state index in [0.717, 1.165) is 16.9 Å². The van der Waals surface area contributed by atoms with Crippen molar-refractivity contribution >= 4 is 46.8 Å². The van der Waals surface area contributed by atoms with Crippen molar-refractivity contribution in [3.05, 3.63) is 59.8 Å². The maximum atomic E-state index is 12.9. The number of nitrogens with zero attached hydrogens (tertiary/aromatic N) is 4. The van der Waals surface area contributed by atoms with Gasteiger partial charge in [0, 0.05) is 36.7 Å². The largest absolute Gasteiger partial charge is 0.327 e. The maximum absolute atomic E-state index is 12.9. The molecule has 1 aliphatic rings. The summed E-state index contributed by atoms with van der Waals surface area (Å²) in [5.41, 5.74) is 3.84. The first-order valence-electron chi connectivity index (χ1n) is 8.66. The standard InChI is InChI=1S/C20H19N5O2S/c1-12-7-8-16-15(9-12)19(26)25(3)17-11-21-20(23-18(17)24(16)2)22-13-5-4-6-14(10-13)28-27/h4-11,27H,1-3H3,(H,21,22,23). The molecule has 0 saturated carbocycles. The van der Waals surface area contributed by atoms with Gasteiger partial charge < -0.3 is 19.7 Å². The third-order valence-electron chi connectivity index (χ3n) is 4.67. The van der Waals surface area contributed by atoms with E-state index >= 15 is 0 Å². The van der Waals surface area contributed by atoms with Crippen LogP contribution < -0.4 is 15.1 Å². The molecule has 0 unspecified atom stereocenters. The number of aryl methyl sites for hydroxylation is 1. The fourth-order valence-electron chi connectivity index (χ4n) is 3.19. The van der Waals surface area contributed by atoms with Gasteiger partial charge in [-0.05, 0) is 37.3 Å². The summed E-state index contributed by atoms with van der Waals surface area (Å²) in [7, 11) is 3.62. The van der Waals surface area contributed by atoms with Gasteiger partial charge in [-0.3, -0.25) is 4.79 Å². The van der Waals surface area contributed by atoms with Gasteiger partial charge in [-0.2, -0.15) is 4.98 Å². The number of amides is 1. The Kier molecular flexibility index (Phi) is 4.66.